The normalized spacial score (nSPS) is 12.3. The molecule has 0 saturated heterocycles. The number of fused-ring (bicyclic) bond motifs is 1. The minimum absolute atomic E-state index is 0.131. The van der Waals surface area contributed by atoms with Gasteiger partial charge >= 0.3 is 0 Å². The van der Waals surface area contributed by atoms with Crippen LogP contribution in [0.3, 0.4) is 0 Å². The van der Waals surface area contributed by atoms with Crippen LogP contribution in [0.2, 0.25) is 0 Å². The maximum absolute atomic E-state index is 13.1. The van der Waals surface area contributed by atoms with E-state index in [1.165, 1.54) is 11.3 Å². The summed E-state index contributed by atoms with van der Waals surface area (Å²) in [6.07, 6.45) is 0.765. The minimum Gasteiger partial charge on any atom is -0.495 e. The Kier molecular flexibility index (Phi) is 6.57. The van der Waals surface area contributed by atoms with Gasteiger partial charge in [0.2, 0.25) is 0 Å². The lowest BCUT2D eigenvalue weighted by molar-refractivity contribution is -0.115. The topological polar surface area (TPSA) is 87.0 Å². The number of amides is 1. The number of aryl methyl sites for hydroxylation is 1. The number of thiazole rings is 1. The molecule has 0 aliphatic rings. The lowest BCUT2D eigenvalue weighted by atomic mass is 10.3. The zero-order chi connectivity index (χ0) is 21.9. The molecule has 0 aliphatic heterocycles. The van der Waals surface area contributed by atoms with Crippen LogP contribution in [0.25, 0.3) is 10.2 Å². The molecule has 0 aliphatic carbocycles. The van der Waals surface area contributed by atoms with Gasteiger partial charge in [-0.1, -0.05) is 18.3 Å². The fraction of sp³-hybridized carbons (Fsp3) is 0.300. The number of rotatable bonds is 7. The van der Waals surface area contributed by atoms with Crippen molar-refractivity contribution in [3.8, 4) is 11.5 Å². The summed E-state index contributed by atoms with van der Waals surface area (Å²) in [6.45, 7) is 2.54. The molecule has 0 fully saturated rings. The molecule has 1 aromatic heterocycles. The number of hydrogen-bond acceptors (Lipinski definition) is 6. The molecule has 0 N–H and O–H groups in total. The molecule has 0 unspecified atom stereocenters. The summed E-state index contributed by atoms with van der Waals surface area (Å²) in [5.41, 5.74) is 0.733. The van der Waals surface area contributed by atoms with E-state index in [1.807, 2.05) is 11.5 Å². The highest BCUT2D eigenvalue weighted by atomic mass is 32.2. The van der Waals surface area contributed by atoms with Gasteiger partial charge in [-0.05, 0) is 42.8 Å². The van der Waals surface area contributed by atoms with Gasteiger partial charge in [0, 0.05) is 6.54 Å². The first-order valence-corrected chi connectivity index (χ1v) is 11.6. The molecule has 0 bridgehead atoms. The lowest BCUT2D eigenvalue weighted by Gasteiger charge is -2.09. The Morgan fingerprint density at radius 3 is 2.33 bits per heavy atom. The third-order valence-electron chi connectivity index (χ3n) is 4.35. The highest BCUT2D eigenvalue weighted by molar-refractivity contribution is 7.92. The van der Waals surface area contributed by atoms with Gasteiger partial charge in [-0.2, -0.15) is 4.99 Å². The molecule has 30 heavy (non-hydrogen) atoms. The minimum atomic E-state index is -3.94. The fourth-order valence-corrected chi connectivity index (χ4v) is 5.29. The Hall–Kier alpha value is -2.72. The van der Waals surface area contributed by atoms with Crippen molar-refractivity contribution in [2.24, 2.45) is 4.99 Å². The lowest BCUT2D eigenvalue weighted by Crippen LogP contribution is -2.21. The number of sulfone groups is 1. The monoisotopic (exact) mass is 452 g/mol. The van der Waals surface area contributed by atoms with Crippen LogP contribution >= 0.6 is 11.3 Å². The number of carbonyl (C=O) groups excluding carboxylic acids is 1. The average Bonchev–Trinajstić information content (AvgIpc) is 3.05. The third-order valence-corrected chi connectivity index (χ3v) is 7.06. The van der Waals surface area contributed by atoms with Crippen LogP contribution in [0.1, 0.15) is 13.3 Å². The van der Waals surface area contributed by atoms with E-state index >= 15 is 0 Å². The quantitative estimate of drug-likeness (QED) is 0.514. The smallest absolute Gasteiger partial charge is 0.263 e. The highest BCUT2D eigenvalue weighted by Crippen LogP contribution is 2.35. The first kappa shape index (κ1) is 22.0. The van der Waals surface area contributed by atoms with E-state index in [0.717, 1.165) is 40.9 Å². The zero-order valence-electron chi connectivity index (χ0n) is 16.7. The Labute approximate surface area is 177 Å². The van der Waals surface area contributed by atoms with Gasteiger partial charge in [-0.25, -0.2) is 12.8 Å². The summed E-state index contributed by atoms with van der Waals surface area (Å²) in [6, 6.07) is 7.86. The van der Waals surface area contributed by atoms with Gasteiger partial charge in [0.15, 0.2) is 14.6 Å². The molecule has 10 heteroatoms. The largest absolute Gasteiger partial charge is 0.495 e. The number of carbonyl (C=O) groups is 1. The second-order valence-corrected chi connectivity index (χ2v) is 9.37. The predicted molar refractivity (Wildman–Crippen MR) is 112 cm³/mol. The van der Waals surface area contributed by atoms with Gasteiger partial charge in [0.1, 0.15) is 33.3 Å². The molecular weight excluding hydrogens is 431 g/mol. The van der Waals surface area contributed by atoms with E-state index in [2.05, 4.69) is 4.99 Å². The van der Waals surface area contributed by atoms with Crippen molar-refractivity contribution in [1.82, 2.24) is 4.57 Å². The first-order chi connectivity index (χ1) is 14.3. The SMILES string of the molecule is CCCn1c(=NC(=O)CS(=O)(=O)c2ccc(F)cc2)sc2c(OC)ccc(OC)c21. The maximum Gasteiger partial charge on any atom is 0.263 e. The fourth-order valence-electron chi connectivity index (χ4n) is 3.00. The molecular formula is C20H21FN2O5S2. The van der Waals surface area contributed by atoms with Gasteiger partial charge in [-0.3, -0.25) is 4.79 Å². The number of aromatic nitrogens is 1. The van der Waals surface area contributed by atoms with Crippen LogP contribution in [-0.4, -0.2) is 38.9 Å². The van der Waals surface area contributed by atoms with Crippen molar-refractivity contribution in [2.75, 3.05) is 20.0 Å². The molecule has 160 valence electrons. The Balaban J connectivity index is 2.07. The summed E-state index contributed by atoms with van der Waals surface area (Å²) in [5.74, 6) is -0.975. The number of halogens is 1. The standard InChI is InChI=1S/C20H21FN2O5S2/c1-4-11-23-18-15(27-2)9-10-16(28-3)19(18)29-20(23)22-17(24)12-30(25,26)14-7-5-13(21)6-8-14/h5-10H,4,11-12H2,1-3H3. The van der Waals surface area contributed by atoms with Gasteiger partial charge < -0.3 is 14.0 Å². The molecule has 0 radical (unpaired) electrons. The molecule has 0 saturated carbocycles. The summed E-state index contributed by atoms with van der Waals surface area (Å²) >= 11 is 1.22. The molecule has 3 aromatic rings. The summed E-state index contributed by atoms with van der Waals surface area (Å²) in [5, 5.41) is 0. The Morgan fingerprint density at radius 1 is 1.10 bits per heavy atom. The predicted octanol–water partition coefficient (Wildman–Crippen LogP) is 3.17. The van der Waals surface area contributed by atoms with Crippen molar-refractivity contribution < 1.29 is 27.1 Å². The highest BCUT2D eigenvalue weighted by Gasteiger charge is 2.21. The number of ether oxygens (including phenoxy) is 2. The number of benzene rings is 2. The van der Waals surface area contributed by atoms with E-state index in [0.29, 0.717) is 22.8 Å². The number of nitrogens with zero attached hydrogens (tertiary/aromatic N) is 2. The van der Waals surface area contributed by atoms with Crippen molar-refractivity contribution in [3.05, 3.63) is 47.0 Å². The van der Waals surface area contributed by atoms with Crippen LogP contribution < -0.4 is 14.3 Å². The zero-order valence-corrected chi connectivity index (χ0v) is 18.3. The van der Waals surface area contributed by atoms with E-state index in [4.69, 9.17) is 9.47 Å². The summed E-state index contributed by atoms with van der Waals surface area (Å²) in [4.78, 5) is 16.8. The second kappa shape index (κ2) is 8.97. The molecule has 2 aromatic carbocycles. The van der Waals surface area contributed by atoms with E-state index in [-0.39, 0.29) is 4.90 Å². The van der Waals surface area contributed by atoms with Crippen LogP contribution in [-0.2, 0) is 21.2 Å². The van der Waals surface area contributed by atoms with Crippen LogP contribution in [0.5, 0.6) is 11.5 Å². The maximum atomic E-state index is 13.1. The Morgan fingerprint density at radius 2 is 1.73 bits per heavy atom. The Bertz CT molecular complexity index is 1240. The van der Waals surface area contributed by atoms with E-state index in [1.54, 1.807) is 26.4 Å². The number of methoxy groups -OCH3 is 2. The molecule has 1 amide bonds. The molecule has 3 rings (SSSR count). The van der Waals surface area contributed by atoms with Crippen LogP contribution in [0.4, 0.5) is 4.39 Å². The van der Waals surface area contributed by atoms with Gasteiger partial charge in [0.25, 0.3) is 5.91 Å². The molecule has 1 heterocycles. The van der Waals surface area contributed by atoms with E-state index < -0.39 is 27.3 Å². The second-order valence-electron chi connectivity index (χ2n) is 6.40. The third kappa shape index (κ3) is 4.39. The summed E-state index contributed by atoms with van der Waals surface area (Å²) in [7, 11) is -0.849. The van der Waals surface area contributed by atoms with E-state index in [9.17, 15) is 17.6 Å². The first-order valence-electron chi connectivity index (χ1n) is 9.11. The van der Waals surface area contributed by atoms with Crippen molar-refractivity contribution in [1.29, 1.82) is 0 Å². The molecule has 7 nitrogen and oxygen atoms in total. The van der Waals surface area contributed by atoms with Crippen LogP contribution in [0.15, 0.2) is 46.3 Å². The number of hydrogen-bond donors (Lipinski definition) is 0. The molecule has 0 atom stereocenters. The van der Waals surface area contributed by atoms with Gasteiger partial charge in [0.05, 0.1) is 19.1 Å². The summed E-state index contributed by atoms with van der Waals surface area (Å²) < 4.78 is 51.5. The molecule has 0 spiro atoms. The van der Waals surface area contributed by atoms with Crippen LogP contribution in [0, 0.1) is 5.82 Å². The van der Waals surface area contributed by atoms with Crippen molar-refractivity contribution >= 4 is 37.3 Å². The van der Waals surface area contributed by atoms with Crippen molar-refractivity contribution in [2.45, 2.75) is 24.8 Å². The van der Waals surface area contributed by atoms with Crippen molar-refractivity contribution in [3.63, 3.8) is 0 Å². The van der Waals surface area contributed by atoms with Gasteiger partial charge in [-0.15, -0.1) is 0 Å². The average molecular weight is 453 g/mol.